The molecule has 0 spiro atoms. The Hall–Kier alpha value is -2.32. The number of aromatic amines is 1. The van der Waals surface area contributed by atoms with E-state index in [4.69, 9.17) is 4.74 Å². The van der Waals surface area contributed by atoms with Crippen molar-refractivity contribution in [3.05, 3.63) is 41.1 Å². The average molecular weight is 291 g/mol. The topological polar surface area (TPSA) is 59.9 Å². The van der Waals surface area contributed by atoms with E-state index < -0.39 is 24.6 Å². The largest absolute Gasteiger partial charge is 0.485 e. The third kappa shape index (κ3) is 2.81. The molecule has 1 heterocycles. The maximum Gasteiger partial charge on any atom is 0.347 e. The number of hydrogen-bond acceptors (Lipinski definition) is 3. The number of ether oxygens (including phenoxy) is 1. The summed E-state index contributed by atoms with van der Waals surface area (Å²) in [6.07, 6.45) is -2.73. The molecule has 0 aliphatic carbocycles. The molecule has 0 bridgehead atoms. The van der Waals surface area contributed by atoms with Crippen molar-refractivity contribution in [3.8, 4) is 11.4 Å². The normalized spacial score (nSPS) is 11.8. The predicted octanol–water partition coefficient (Wildman–Crippen LogP) is 1.84. The van der Waals surface area contributed by atoms with Crippen molar-refractivity contribution in [1.82, 2.24) is 14.8 Å². The molecule has 0 fully saturated rings. The van der Waals surface area contributed by atoms with Gasteiger partial charge in [0.05, 0.1) is 0 Å². The zero-order valence-electron chi connectivity index (χ0n) is 9.89. The molecule has 1 aromatic carbocycles. The van der Waals surface area contributed by atoms with Gasteiger partial charge in [0.15, 0.2) is 6.61 Å². The van der Waals surface area contributed by atoms with Crippen LogP contribution in [0.2, 0.25) is 0 Å². The van der Waals surface area contributed by atoms with Crippen LogP contribution in [0.4, 0.5) is 17.6 Å². The summed E-state index contributed by atoms with van der Waals surface area (Å²) in [5.74, 6) is -4.43. The van der Waals surface area contributed by atoms with Gasteiger partial charge in [-0.3, -0.25) is 4.98 Å². The molecule has 0 amide bonds. The van der Waals surface area contributed by atoms with Gasteiger partial charge in [0.2, 0.25) is 0 Å². The summed E-state index contributed by atoms with van der Waals surface area (Å²) in [4.78, 5) is 13.7. The van der Waals surface area contributed by atoms with Crippen LogP contribution in [0.25, 0.3) is 5.69 Å². The Morgan fingerprint density at radius 1 is 1.35 bits per heavy atom. The van der Waals surface area contributed by atoms with Gasteiger partial charge in [0.25, 0.3) is 0 Å². The maximum atomic E-state index is 12.8. The minimum Gasteiger partial charge on any atom is -0.485 e. The molecule has 0 saturated carbocycles. The second-order valence-corrected chi connectivity index (χ2v) is 3.82. The van der Waals surface area contributed by atoms with Gasteiger partial charge in [-0.1, -0.05) is 12.1 Å². The predicted molar refractivity (Wildman–Crippen MR) is 60.6 cm³/mol. The Bertz CT molecular complexity index is 638. The standard InChI is InChI=1S/C11H9F4N3O2/c12-9(13)11(14,15)5-20-8-4-2-1-3-7(8)18-10(19)16-6-17-18/h1-4,6,9H,5H2,(H,16,17,19). The smallest absolute Gasteiger partial charge is 0.347 e. The first-order valence-corrected chi connectivity index (χ1v) is 5.42. The molecule has 2 aromatic rings. The molecular formula is C11H9F4N3O2. The zero-order valence-corrected chi connectivity index (χ0v) is 9.89. The third-order valence-corrected chi connectivity index (χ3v) is 2.39. The minimum absolute atomic E-state index is 0.0730. The summed E-state index contributed by atoms with van der Waals surface area (Å²) < 4.78 is 55.3. The van der Waals surface area contributed by atoms with E-state index in [9.17, 15) is 22.4 Å². The molecule has 108 valence electrons. The molecule has 5 nitrogen and oxygen atoms in total. The molecule has 1 N–H and O–H groups in total. The van der Waals surface area contributed by atoms with Gasteiger partial charge in [-0.2, -0.15) is 18.6 Å². The quantitative estimate of drug-likeness (QED) is 0.855. The van der Waals surface area contributed by atoms with Gasteiger partial charge < -0.3 is 4.74 Å². The molecule has 0 atom stereocenters. The van der Waals surface area contributed by atoms with Crippen molar-refractivity contribution in [2.24, 2.45) is 0 Å². The number of alkyl halides is 4. The Morgan fingerprint density at radius 2 is 2.05 bits per heavy atom. The SMILES string of the molecule is O=c1[nH]cnn1-c1ccccc1OCC(F)(F)C(F)F. The summed E-state index contributed by atoms with van der Waals surface area (Å²) in [7, 11) is 0. The molecular weight excluding hydrogens is 282 g/mol. The number of para-hydroxylation sites is 2. The van der Waals surface area contributed by atoms with Crippen LogP contribution in [-0.2, 0) is 0 Å². The molecule has 0 aliphatic rings. The number of nitrogens with one attached hydrogen (secondary N) is 1. The molecule has 0 aliphatic heterocycles. The number of benzene rings is 1. The molecule has 9 heteroatoms. The lowest BCUT2D eigenvalue weighted by Crippen LogP contribution is -2.34. The third-order valence-electron chi connectivity index (χ3n) is 2.39. The second-order valence-electron chi connectivity index (χ2n) is 3.82. The van der Waals surface area contributed by atoms with Crippen molar-refractivity contribution in [2.45, 2.75) is 12.3 Å². The van der Waals surface area contributed by atoms with Crippen LogP contribution in [-0.4, -0.2) is 33.7 Å². The number of H-pyrrole nitrogens is 1. The Balaban J connectivity index is 2.26. The summed E-state index contributed by atoms with van der Waals surface area (Å²) in [6.45, 7) is -1.50. The number of aromatic nitrogens is 3. The number of nitrogens with zero attached hydrogens (tertiary/aromatic N) is 2. The first kappa shape index (κ1) is 14.1. The highest BCUT2D eigenvalue weighted by molar-refractivity contribution is 5.45. The van der Waals surface area contributed by atoms with Crippen molar-refractivity contribution >= 4 is 0 Å². The van der Waals surface area contributed by atoms with Crippen LogP contribution in [0.5, 0.6) is 5.75 Å². The fraction of sp³-hybridized carbons (Fsp3) is 0.273. The van der Waals surface area contributed by atoms with E-state index in [-0.39, 0.29) is 11.4 Å². The number of hydrogen-bond donors (Lipinski definition) is 1. The van der Waals surface area contributed by atoms with E-state index in [0.717, 1.165) is 11.0 Å². The van der Waals surface area contributed by atoms with E-state index in [1.165, 1.54) is 24.3 Å². The van der Waals surface area contributed by atoms with Crippen LogP contribution < -0.4 is 10.4 Å². The lowest BCUT2D eigenvalue weighted by molar-refractivity contribution is -0.148. The Labute approximate surface area is 109 Å². The molecule has 0 unspecified atom stereocenters. The van der Waals surface area contributed by atoms with Gasteiger partial charge in [-0.25, -0.2) is 13.6 Å². The van der Waals surface area contributed by atoms with Crippen LogP contribution in [0.3, 0.4) is 0 Å². The highest BCUT2D eigenvalue weighted by Crippen LogP contribution is 2.26. The highest BCUT2D eigenvalue weighted by atomic mass is 19.3. The summed E-state index contributed by atoms with van der Waals surface area (Å²) >= 11 is 0. The van der Waals surface area contributed by atoms with Gasteiger partial charge in [-0.15, -0.1) is 0 Å². The lowest BCUT2D eigenvalue weighted by atomic mass is 10.3. The van der Waals surface area contributed by atoms with E-state index in [1.807, 2.05) is 0 Å². The van der Waals surface area contributed by atoms with Crippen molar-refractivity contribution in [3.63, 3.8) is 0 Å². The fourth-order valence-corrected chi connectivity index (χ4v) is 1.42. The Kier molecular flexibility index (Phi) is 3.77. The van der Waals surface area contributed by atoms with Gasteiger partial charge >= 0.3 is 18.0 Å². The monoisotopic (exact) mass is 291 g/mol. The summed E-state index contributed by atoms with van der Waals surface area (Å²) in [6, 6.07) is 5.64. The molecule has 1 aromatic heterocycles. The van der Waals surface area contributed by atoms with Crippen LogP contribution in [0.15, 0.2) is 35.4 Å². The van der Waals surface area contributed by atoms with Crippen LogP contribution >= 0.6 is 0 Å². The average Bonchev–Trinajstić information content (AvgIpc) is 2.83. The van der Waals surface area contributed by atoms with E-state index in [2.05, 4.69) is 10.1 Å². The van der Waals surface area contributed by atoms with E-state index >= 15 is 0 Å². The molecule has 20 heavy (non-hydrogen) atoms. The Morgan fingerprint density at radius 3 is 2.65 bits per heavy atom. The molecule has 2 rings (SSSR count). The van der Waals surface area contributed by atoms with Gasteiger partial charge in [0, 0.05) is 0 Å². The number of halogens is 4. The van der Waals surface area contributed by atoms with Crippen LogP contribution in [0, 0.1) is 0 Å². The van der Waals surface area contributed by atoms with Crippen LogP contribution in [0.1, 0.15) is 0 Å². The molecule has 0 radical (unpaired) electrons. The lowest BCUT2D eigenvalue weighted by Gasteiger charge is -2.17. The summed E-state index contributed by atoms with van der Waals surface area (Å²) in [5.41, 5.74) is -0.537. The van der Waals surface area contributed by atoms with Crippen molar-refractivity contribution in [2.75, 3.05) is 6.61 Å². The number of rotatable bonds is 5. The summed E-state index contributed by atoms with van der Waals surface area (Å²) in [5, 5.41) is 3.66. The van der Waals surface area contributed by atoms with Crippen molar-refractivity contribution < 1.29 is 22.3 Å². The molecule has 0 saturated heterocycles. The van der Waals surface area contributed by atoms with E-state index in [0.29, 0.717) is 0 Å². The first-order valence-electron chi connectivity index (χ1n) is 5.42. The second kappa shape index (κ2) is 5.35. The first-order chi connectivity index (χ1) is 9.42. The van der Waals surface area contributed by atoms with E-state index in [1.54, 1.807) is 0 Å². The van der Waals surface area contributed by atoms with Gasteiger partial charge in [-0.05, 0) is 12.1 Å². The highest BCUT2D eigenvalue weighted by Gasteiger charge is 2.41. The maximum absolute atomic E-state index is 12.8. The fourth-order valence-electron chi connectivity index (χ4n) is 1.42. The van der Waals surface area contributed by atoms with Crippen molar-refractivity contribution in [1.29, 1.82) is 0 Å². The van der Waals surface area contributed by atoms with Gasteiger partial charge in [0.1, 0.15) is 17.8 Å². The zero-order chi connectivity index (χ0) is 14.8. The minimum atomic E-state index is -4.27.